The number of hydrogen-bond acceptors (Lipinski definition) is 5. The molecule has 0 fully saturated rings. The van der Waals surface area contributed by atoms with Crippen molar-refractivity contribution in [3.05, 3.63) is 5.01 Å². The Bertz CT molecular complexity index is 334. The predicted molar refractivity (Wildman–Crippen MR) is 65.3 cm³/mol. The monoisotopic (exact) mass is 245 g/mol. The molecule has 0 saturated heterocycles. The Morgan fingerprint density at radius 2 is 2.33 bits per heavy atom. The summed E-state index contributed by atoms with van der Waals surface area (Å²) in [5.41, 5.74) is 5.65. The van der Waals surface area contributed by atoms with Gasteiger partial charge in [0.2, 0.25) is 0 Å². The van der Waals surface area contributed by atoms with Crippen LogP contribution in [0.2, 0.25) is 0 Å². The van der Waals surface area contributed by atoms with Crippen molar-refractivity contribution < 1.29 is 0 Å². The lowest BCUT2D eigenvalue weighted by molar-refractivity contribution is 0.723. The molecule has 1 rings (SSSR count). The highest BCUT2D eigenvalue weighted by molar-refractivity contribution is 8.00. The van der Waals surface area contributed by atoms with E-state index in [1.807, 2.05) is 20.1 Å². The maximum atomic E-state index is 5.65. The van der Waals surface area contributed by atoms with E-state index in [2.05, 4.69) is 20.5 Å². The van der Waals surface area contributed by atoms with Crippen molar-refractivity contribution in [2.24, 2.45) is 10.7 Å². The molecule has 0 bridgehead atoms. The van der Waals surface area contributed by atoms with Gasteiger partial charge in [-0.05, 0) is 20.1 Å². The van der Waals surface area contributed by atoms with Crippen LogP contribution in [0.5, 0.6) is 0 Å². The van der Waals surface area contributed by atoms with Gasteiger partial charge in [0.25, 0.3) is 0 Å². The molecule has 1 aromatic rings. The van der Waals surface area contributed by atoms with Crippen LogP contribution in [-0.2, 0) is 6.54 Å². The number of rotatable bonds is 4. The Hall–Kier alpha value is -0.820. The lowest BCUT2D eigenvalue weighted by Gasteiger charge is -2.07. The molecule has 0 aliphatic heterocycles. The number of nitrogens with two attached hydrogens (primary N) is 1. The molecular formula is C8H15N5S2. The van der Waals surface area contributed by atoms with Crippen LogP contribution < -0.4 is 11.1 Å². The first-order valence-electron chi connectivity index (χ1n) is 4.54. The van der Waals surface area contributed by atoms with Gasteiger partial charge in [-0.25, -0.2) is 4.99 Å². The van der Waals surface area contributed by atoms with Gasteiger partial charge in [-0.3, -0.25) is 0 Å². The zero-order chi connectivity index (χ0) is 11.3. The van der Waals surface area contributed by atoms with E-state index in [0.717, 1.165) is 9.35 Å². The molecule has 7 heteroatoms. The molecule has 0 unspecified atom stereocenters. The second-order valence-corrected chi connectivity index (χ2v) is 5.28. The summed E-state index contributed by atoms with van der Waals surface area (Å²) in [6.45, 7) is 4.52. The van der Waals surface area contributed by atoms with Crippen molar-refractivity contribution in [1.29, 1.82) is 0 Å². The predicted octanol–water partition coefficient (Wildman–Crippen LogP) is 1.07. The molecule has 0 saturated carbocycles. The van der Waals surface area contributed by atoms with Crippen molar-refractivity contribution in [2.75, 3.05) is 6.26 Å². The fourth-order valence-electron chi connectivity index (χ4n) is 0.879. The molecule has 0 radical (unpaired) electrons. The van der Waals surface area contributed by atoms with Gasteiger partial charge in [-0.1, -0.05) is 23.1 Å². The molecule has 15 heavy (non-hydrogen) atoms. The third-order valence-electron chi connectivity index (χ3n) is 1.44. The summed E-state index contributed by atoms with van der Waals surface area (Å²) in [5.74, 6) is 0.450. The van der Waals surface area contributed by atoms with E-state index in [-0.39, 0.29) is 0 Å². The van der Waals surface area contributed by atoms with Gasteiger partial charge in [0.05, 0.1) is 6.54 Å². The van der Waals surface area contributed by atoms with Crippen LogP contribution in [0.3, 0.4) is 0 Å². The summed E-state index contributed by atoms with van der Waals surface area (Å²) in [6, 6.07) is 0.296. The van der Waals surface area contributed by atoms with Crippen LogP contribution in [0.1, 0.15) is 18.9 Å². The summed E-state index contributed by atoms with van der Waals surface area (Å²) in [7, 11) is 0. The number of guanidine groups is 1. The largest absolute Gasteiger partial charge is 0.370 e. The van der Waals surface area contributed by atoms with Gasteiger partial charge in [0, 0.05) is 6.04 Å². The van der Waals surface area contributed by atoms with Crippen LogP contribution >= 0.6 is 23.1 Å². The Morgan fingerprint density at radius 3 is 2.87 bits per heavy atom. The van der Waals surface area contributed by atoms with E-state index < -0.39 is 0 Å². The Labute approximate surface area is 97.6 Å². The quantitative estimate of drug-likeness (QED) is 0.471. The summed E-state index contributed by atoms with van der Waals surface area (Å²) >= 11 is 3.13. The van der Waals surface area contributed by atoms with Crippen LogP contribution in [0.15, 0.2) is 9.33 Å². The molecule has 0 aromatic carbocycles. The molecule has 0 amide bonds. The van der Waals surface area contributed by atoms with E-state index in [0.29, 0.717) is 18.5 Å². The van der Waals surface area contributed by atoms with Gasteiger partial charge in [0.1, 0.15) is 5.01 Å². The minimum atomic E-state index is 0.296. The minimum absolute atomic E-state index is 0.296. The van der Waals surface area contributed by atoms with Crippen molar-refractivity contribution in [1.82, 2.24) is 15.5 Å². The molecule has 1 heterocycles. The SMILES string of the molecule is CSc1nnc(CN=C(N)NC(C)C)s1. The van der Waals surface area contributed by atoms with Gasteiger partial charge in [-0.15, -0.1) is 10.2 Å². The lowest BCUT2D eigenvalue weighted by Crippen LogP contribution is -2.36. The fraction of sp³-hybridized carbons (Fsp3) is 0.625. The smallest absolute Gasteiger partial charge is 0.189 e. The zero-order valence-electron chi connectivity index (χ0n) is 9.02. The standard InChI is InChI=1S/C8H15N5S2/c1-5(2)11-7(9)10-4-6-12-13-8(14-3)15-6/h5H,4H2,1-3H3,(H3,9,10,11). The van der Waals surface area contributed by atoms with E-state index in [4.69, 9.17) is 5.73 Å². The van der Waals surface area contributed by atoms with Crippen molar-refractivity contribution >= 4 is 29.1 Å². The molecule has 1 aromatic heterocycles. The molecule has 0 aliphatic rings. The topological polar surface area (TPSA) is 76.2 Å². The average molecular weight is 245 g/mol. The van der Waals surface area contributed by atoms with Gasteiger partial charge in [0.15, 0.2) is 10.3 Å². The molecule has 3 N–H and O–H groups in total. The van der Waals surface area contributed by atoms with E-state index >= 15 is 0 Å². The fourth-order valence-corrected chi connectivity index (χ4v) is 2.12. The molecule has 84 valence electrons. The number of nitrogens with zero attached hydrogens (tertiary/aromatic N) is 3. The number of aromatic nitrogens is 2. The number of nitrogens with one attached hydrogen (secondary N) is 1. The van der Waals surface area contributed by atoms with E-state index in [9.17, 15) is 0 Å². The number of hydrogen-bond donors (Lipinski definition) is 2. The van der Waals surface area contributed by atoms with Crippen molar-refractivity contribution in [3.8, 4) is 0 Å². The summed E-state index contributed by atoms with van der Waals surface area (Å²) in [5, 5.41) is 11.9. The maximum absolute atomic E-state index is 5.65. The molecule has 0 atom stereocenters. The van der Waals surface area contributed by atoms with E-state index in [1.165, 1.54) is 0 Å². The van der Waals surface area contributed by atoms with Crippen molar-refractivity contribution in [2.45, 2.75) is 30.8 Å². The van der Waals surface area contributed by atoms with Crippen LogP contribution in [0, 0.1) is 0 Å². The Balaban J connectivity index is 2.48. The normalized spacial score (nSPS) is 12.1. The highest BCUT2D eigenvalue weighted by atomic mass is 32.2. The Morgan fingerprint density at radius 1 is 1.60 bits per heavy atom. The summed E-state index contributed by atoms with van der Waals surface area (Å²) < 4.78 is 0.954. The number of thioether (sulfide) groups is 1. The van der Waals surface area contributed by atoms with Gasteiger partial charge >= 0.3 is 0 Å². The first kappa shape index (κ1) is 12.3. The van der Waals surface area contributed by atoms with E-state index in [1.54, 1.807) is 23.1 Å². The minimum Gasteiger partial charge on any atom is -0.370 e. The third-order valence-corrected chi connectivity index (χ3v) is 3.33. The molecular weight excluding hydrogens is 230 g/mol. The third kappa shape index (κ3) is 4.48. The van der Waals surface area contributed by atoms with Crippen LogP contribution in [0.25, 0.3) is 0 Å². The zero-order valence-corrected chi connectivity index (χ0v) is 10.7. The number of aliphatic imine (C=N–C) groups is 1. The van der Waals surface area contributed by atoms with Crippen molar-refractivity contribution in [3.63, 3.8) is 0 Å². The lowest BCUT2D eigenvalue weighted by atomic mass is 10.4. The van der Waals surface area contributed by atoms with Gasteiger partial charge in [-0.2, -0.15) is 0 Å². The first-order chi connectivity index (χ1) is 7.11. The molecule has 5 nitrogen and oxygen atoms in total. The average Bonchev–Trinajstić information content (AvgIpc) is 2.61. The molecule has 0 aliphatic carbocycles. The summed E-state index contributed by atoms with van der Waals surface area (Å²) in [4.78, 5) is 4.16. The summed E-state index contributed by atoms with van der Waals surface area (Å²) in [6.07, 6.45) is 1.97. The second kappa shape index (κ2) is 5.92. The highest BCUT2D eigenvalue weighted by Crippen LogP contribution is 2.19. The van der Waals surface area contributed by atoms with Crippen LogP contribution in [0.4, 0.5) is 0 Å². The maximum Gasteiger partial charge on any atom is 0.189 e. The van der Waals surface area contributed by atoms with Crippen LogP contribution in [-0.4, -0.2) is 28.5 Å². The first-order valence-corrected chi connectivity index (χ1v) is 6.58. The molecule has 0 spiro atoms. The van der Waals surface area contributed by atoms with Gasteiger partial charge < -0.3 is 11.1 Å². The Kier molecular flexibility index (Phi) is 4.83. The second-order valence-electron chi connectivity index (χ2n) is 3.17. The highest BCUT2D eigenvalue weighted by Gasteiger charge is 2.02.